The number of aromatic nitrogens is 2. The van der Waals surface area contributed by atoms with Crippen molar-refractivity contribution in [2.24, 2.45) is 5.73 Å². The van der Waals surface area contributed by atoms with Crippen LogP contribution in [0, 0.1) is 0 Å². The van der Waals surface area contributed by atoms with Gasteiger partial charge in [0.15, 0.2) is 5.82 Å². The molecule has 0 fully saturated rings. The first-order chi connectivity index (χ1) is 7.74. The van der Waals surface area contributed by atoms with E-state index in [4.69, 9.17) is 10.3 Å². The number of nitrogens with two attached hydrogens (primary N) is 1. The standard InChI is InChI=1S/C11H15N3OS/c1-3-7-5-6-9(16-7)11-13-10(14-15-11)8(12)4-2/h5-6,8H,3-4,12H2,1-2H3. The maximum atomic E-state index is 5.84. The van der Waals surface area contributed by atoms with Gasteiger partial charge >= 0.3 is 0 Å². The zero-order valence-corrected chi connectivity index (χ0v) is 10.3. The molecule has 0 radical (unpaired) electrons. The molecule has 0 saturated carbocycles. The van der Waals surface area contributed by atoms with Gasteiger partial charge in [-0.05, 0) is 25.0 Å². The highest BCUT2D eigenvalue weighted by atomic mass is 32.1. The molecule has 1 unspecified atom stereocenters. The summed E-state index contributed by atoms with van der Waals surface area (Å²) < 4.78 is 5.20. The minimum absolute atomic E-state index is 0.136. The molecule has 0 saturated heterocycles. The Morgan fingerprint density at radius 2 is 2.25 bits per heavy atom. The highest BCUT2D eigenvalue weighted by Gasteiger charge is 2.14. The maximum Gasteiger partial charge on any atom is 0.268 e. The normalized spacial score (nSPS) is 12.9. The van der Waals surface area contributed by atoms with Crippen LogP contribution in [0.5, 0.6) is 0 Å². The van der Waals surface area contributed by atoms with E-state index in [1.165, 1.54) is 4.88 Å². The first kappa shape index (κ1) is 11.3. The molecule has 0 aliphatic heterocycles. The predicted molar refractivity (Wildman–Crippen MR) is 64.2 cm³/mol. The van der Waals surface area contributed by atoms with E-state index in [-0.39, 0.29) is 6.04 Å². The zero-order valence-electron chi connectivity index (χ0n) is 9.43. The molecule has 1 atom stereocenters. The molecule has 2 aromatic rings. The Labute approximate surface area is 98.5 Å². The molecule has 2 heterocycles. The lowest BCUT2D eigenvalue weighted by Gasteiger charge is -1.99. The van der Waals surface area contributed by atoms with E-state index in [2.05, 4.69) is 23.1 Å². The fourth-order valence-electron chi connectivity index (χ4n) is 1.35. The summed E-state index contributed by atoms with van der Waals surface area (Å²) in [6.45, 7) is 4.13. The molecule has 4 nitrogen and oxygen atoms in total. The van der Waals surface area contributed by atoms with E-state index >= 15 is 0 Å². The summed E-state index contributed by atoms with van der Waals surface area (Å²) in [5, 5.41) is 3.89. The van der Waals surface area contributed by atoms with Crippen molar-refractivity contribution in [1.82, 2.24) is 10.1 Å². The molecule has 2 rings (SSSR count). The molecule has 5 heteroatoms. The van der Waals surface area contributed by atoms with Gasteiger partial charge in [0.1, 0.15) is 0 Å². The third-order valence-corrected chi connectivity index (χ3v) is 3.65. The van der Waals surface area contributed by atoms with Gasteiger partial charge in [-0.2, -0.15) is 4.98 Å². The molecule has 0 aromatic carbocycles. The van der Waals surface area contributed by atoms with Gasteiger partial charge in [-0.1, -0.05) is 19.0 Å². The second kappa shape index (κ2) is 4.76. The lowest BCUT2D eigenvalue weighted by Crippen LogP contribution is -2.10. The van der Waals surface area contributed by atoms with Crippen LogP contribution in [0.4, 0.5) is 0 Å². The Morgan fingerprint density at radius 1 is 1.44 bits per heavy atom. The Kier molecular flexibility index (Phi) is 3.36. The van der Waals surface area contributed by atoms with Crippen LogP contribution >= 0.6 is 11.3 Å². The minimum atomic E-state index is -0.136. The topological polar surface area (TPSA) is 64.9 Å². The first-order valence-electron chi connectivity index (χ1n) is 5.42. The Balaban J connectivity index is 2.24. The fraction of sp³-hybridized carbons (Fsp3) is 0.455. The van der Waals surface area contributed by atoms with E-state index in [0.29, 0.717) is 11.7 Å². The van der Waals surface area contributed by atoms with E-state index in [9.17, 15) is 0 Å². The molecule has 0 spiro atoms. The van der Waals surface area contributed by atoms with Gasteiger partial charge in [-0.15, -0.1) is 11.3 Å². The quantitative estimate of drug-likeness (QED) is 0.888. The molecule has 0 aliphatic rings. The van der Waals surface area contributed by atoms with E-state index in [1.807, 2.05) is 13.0 Å². The summed E-state index contributed by atoms with van der Waals surface area (Å²) in [7, 11) is 0. The summed E-state index contributed by atoms with van der Waals surface area (Å²) in [5.74, 6) is 1.16. The molecule has 0 bridgehead atoms. The maximum absolute atomic E-state index is 5.84. The predicted octanol–water partition coefficient (Wildman–Crippen LogP) is 2.77. The fourth-order valence-corrected chi connectivity index (χ4v) is 2.22. The Morgan fingerprint density at radius 3 is 2.88 bits per heavy atom. The van der Waals surface area contributed by atoms with Crippen molar-refractivity contribution in [1.29, 1.82) is 0 Å². The number of nitrogens with zero attached hydrogens (tertiary/aromatic N) is 2. The smallest absolute Gasteiger partial charge is 0.268 e. The van der Waals surface area contributed by atoms with Crippen molar-refractivity contribution in [3.05, 3.63) is 22.8 Å². The van der Waals surface area contributed by atoms with Crippen LogP contribution in [-0.2, 0) is 6.42 Å². The average Bonchev–Trinajstić information content (AvgIpc) is 2.95. The Hall–Kier alpha value is -1.20. The van der Waals surface area contributed by atoms with Crippen molar-refractivity contribution in [2.45, 2.75) is 32.7 Å². The van der Waals surface area contributed by atoms with Gasteiger partial charge in [0, 0.05) is 4.88 Å². The Bertz CT molecular complexity index is 463. The molecule has 0 amide bonds. The number of hydrogen-bond donors (Lipinski definition) is 1. The van der Waals surface area contributed by atoms with Crippen LogP contribution in [0.3, 0.4) is 0 Å². The van der Waals surface area contributed by atoms with Crippen LogP contribution in [-0.4, -0.2) is 10.1 Å². The first-order valence-corrected chi connectivity index (χ1v) is 6.24. The van der Waals surface area contributed by atoms with Crippen LogP contribution in [0.1, 0.15) is 37.0 Å². The number of aryl methyl sites for hydroxylation is 1. The highest BCUT2D eigenvalue weighted by Crippen LogP contribution is 2.27. The van der Waals surface area contributed by atoms with E-state index in [0.717, 1.165) is 17.7 Å². The van der Waals surface area contributed by atoms with Gasteiger partial charge in [0.05, 0.1) is 10.9 Å². The monoisotopic (exact) mass is 237 g/mol. The van der Waals surface area contributed by atoms with Crippen molar-refractivity contribution < 1.29 is 4.52 Å². The zero-order chi connectivity index (χ0) is 11.5. The molecule has 2 aromatic heterocycles. The van der Waals surface area contributed by atoms with Crippen molar-refractivity contribution in [3.63, 3.8) is 0 Å². The summed E-state index contributed by atoms with van der Waals surface area (Å²) in [4.78, 5) is 6.63. The minimum Gasteiger partial charge on any atom is -0.333 e. The third kappa shape index (κ3) is 2.15. The molecular weight excluding hydrogens is 222 g/mol. The largest absolute Gasteiger partial charge is 0.333 e. The number of hydrogen-bond acceptors (Lipinski definition) is 5. The van der Waals surface area contributed by atoms with Crippen LogP contribution < -0.4 is 5.73 Å². The van der Waals surface area contributed by atoms with Crippen LogP contribution in [0.25, 0.3) is 10.8 Å². The molecular formula is C11H15N3OS. The number of rotatable bonds is 4. The molecule has 0 aliphatic carbocycles. The van der Waals surface area contributed by atoms with Crippen molar-refractivity contribution in [3.8, 4) is 10.8 Å². The molecule has 16 heavy (non-hydrogen) atoms. The van der Waals surface area contributed by atoms with Gasteiger partial charge < -0.3 is 10.3 Å². The van der Waals surface area contributed by atoms with Gasteiger partial charge in [0.2, 0.25) is 0 Å². The SMILES string of the molecule is CCc1ccc(-c2nc(C(N)CC)no2)s1. The van der Waals surface area contributed by atoms with Crippen LogP contribution in [0.15, 0.2) is 16.7 Å². The summed E-state index contributed by atoms with van der Waals surface area (Å²) >= 11 is 1.68. The van der Waals surface area contributed by atoms with Crippen molar-refractivity contribution in [2.75, 3.05) is 0 Å². The van der Waals surface area contributed by atoms with Gasteiger partial charge in [0.25, 0.3) is 5.89 Å². The molecule has 86 valence electrons. The van der Waals surface area contributed by atoms with Crippen molar-refractivity contribution >= 4 is 11.3 Å². The lowest BCUT2D eigenvalue weighted by atomic mass is 10.2. The van der Waals surface area contributed by atoms with Gasteiger partial charge in [-0.25, -0.2) is 0 Å². The van der Waals surface area contributed by atoms with E-state index in [1.54, 1.807) is 11.3 Å². The molecule has 2 N–H and O–H groups in total. The second-order valence-electron chi connectivity index (χ2n) is 3.59. The lowest BCUT2D eigenvalue weighted by molar-refractivity contribution is 0.416. The second-order valence-corrected chi connectivity index (χ2v) is 4.76. The third-order valence-electron chi connectivity index (χ3n) is 2.43. The van der Waals surface area contributed by atoms with Gasteiger partial charge in [-0.3, -0.25) is 0 Å². The van der Waals surface area contributed by atoms with E-state index < -0.39 is 0 Å². The van der Waals surface area contributed by atoms with Crippen LogP contribution in [0.2, 0.25) is 0 Å². The summed E-state index contributed by atoms with van der Waals surface area (Å²) in [5.41, 5.74) is 5.84. The summed E-state index contributed by atoms with van der Waals surface area (Å²) in [6.07, 6.45) is 1.84. The highest BCUT2D eigenvalue weighted by molar-refractivity contribution is 7.15. The average molecular weight is 237 g/mol. The number of thiophene rings is 1. The summed E-state index contributed by atoms with van der Waals surface area (Å²) in [6, 6.07) is 3.96.